The molecular formula is C12H10ClFN2. The minimum absolute atomic E-state index is 0.264. The van der Waals surface area contributed by atoms with Crippen molar-refractivity contribution in [3.05, 3.63) is 47.9 Å². The Morgan fingerprint density at radius 3 is 3.06 bits per heavy atom. The Hall–Kier alpha value is -1.61. The molecule has 2 nitrogen and oxygen atoms in total. The summed E-state index contributed by atoms with van der Waals surface area (Å²) in [6, 6.07) is 6.37. The van der Waals surface area contributed by atoms with E-state index in [1.54, 1.807) is 12.3 Å². The lowest BCUT2D eigenvalue weighted by molar-refractivity contribution is 0.628. The van der Waals surface area contributed by atoms with Crippen LogP contribution in [0, 0.1) is 5.82 Å². The first-order chi connectivity index (χ1) is 7.81. The first-order valence-corrected chi connectivity index (χ1v) is 5.36. The summed E-state index contributed by atoms with van der Waals surface area (Å²) < 4.78 is 13.1. The summed E-state index contributed by atoms with van der Waals surface area (Å²) in [4.78, 5) is 0. The molecular weight excluding hydrogens is 227 g/mol. The van der Waals surface area contributed by atoms with Gasteiger partial charge in [-0.3, -0.25) is 5.10 Å². The summed E-state index contributed by atoms with van der Waals surface area (Å²) >= 11 is 5.56. The van der Waals surface area contributed by atoms with Crippen molar-refractivity contribution in [2.24, 2.45) is 0 Å². The van der Waals surface area contributed by atoms with Crippen molar-refractivity contribution in [2.75, 3.05) is 5.88 Å². The number of H-pyrrole nitrogens is 1. The van der Waals surface area contributed by atoms with E-state index in [1.165, 1.54) is 12.1 Å². The SMILES string of the molecule is Fc1cccc(-c2[nH]ncc2C=CCCl)c1. The summed E-state index contributed by atoms with van der Waals surface area (Å²) in [5.74, 6) is 0.174. The van der Waals surface area contributed by atoms with E-state index >= 15 is 0 Å². The van der Waals surface area contributed by atoms with Gasteiger partial charge in [0.1, 0.15) is 5.82 Å². The van der Waals surface area contributed by atoms with E-state index < -0.39 is 0 Å². The number of rotatable bonds is 3. The monoisotopic (exact) mass is 236 g/mol. The van der Waals surface area contributed by atoms with Gasteiger partial charge in [-0.1, -0.05) is 24.3 Å². The van der Waals surface area contributed by atoms with Crippen LogP contribution in [-0.2, 0) is 0 Å². The van der Waals surface area contributed by atoms with E-state index in [4.69, 9.17) is 11.6 Å². The van der Waals surface area contributed by atoms with Crippen molar-refractivity contribution in [1.82, 2.24) is 10.2 Å². The highest BCUT2D eigenvalue weighted by atomic mass is 35.5. The van der Waals surface area contributed by atoms with E-state index in [0.29, 0.717) is 5.88 Å². The van der Waals surface area contributed by atoms with Crippen LogP contribution in [0.1, 0.15) is 5.56 Å². The summed E-state index contributed by atoms with van der Waals surface area (Å²) in [6.45, 7) is 0. The summed E-state index contributed by atoms with van der Waals surface area (Å²) in [5.41, 5.74) is 2.46. The van der Waals surface area contributed by atoms with Crippen LogP contribution < -0.4 is 0 Å². The fourth-order valence-corrected chi connectivity index (χ4v) is 1.56. The number of hydrogen-bond acceptors (Lipinski definition) is 1. The van der Waals surface area contributed by atoms with Crippen molar-refractivity contribution in [3.8, 4) is 11.3 Å². The molecule has 0 unspecified atom stereocenters. The molecule has 0 fully saturated rings. The van der Waals surface area contributed by atoms with Crippen LogP contribution in [0.25, 0.3) is 17.3 Å². The fourth-order valence-electron chi connectivity index (χ4n) is 1.47. The zero-order valence-corrected chi connectivity index (χ0v) is 9.21. The largest absolute Gasteiger partial charge is 0.277 e. The molecule has 2 aromatic rings. The third-order valence-electron chi connectivity index (χ3n) is 2.17. The van der Waals surface area contributed by atoms with Gasteiger partial charge in [0, 0.05) is 17.0 Å². The first-order valence-electron chi connectivity index (χ1n) is 4.83. The number of aromatic amines is 1. The van der Waals surface area contributed by atoms with Crippen molar-refractivity contribution >= 4 is 17.7 Å². The van der Waals surface area contributed by atoms with Crippen molar-refractivity contribution in [1.29, 1.82) is 0 Å². The van der Waals surface area contributed by atoms with Gasteiger partial charge in [-0.05, 0) is 12.1 Å². The lowest BCUT2D eigenvalue weighted by atomic mass is 10.1. The molecule has 82 valence electrons. The number of halogens is 2. The molecule has 1 aromatic heterocycles. The maximum atomic E-state index is 13.1. The van der Waals surface area contributed by atoms with E-state index in [1.807, 2.05) is 18.2 Å². The summed E-state index contributed by atoms with van der Waals surface area (Å²) in [7, 11) is 0. The molecule has 0 atom stereocenters. The van der Waals surface area contributed by atoms with E-state index in [0.717, 1.165) is 16.8 Å². The Balaban J connectivity index is 2.40. The maximum Gasteiger partial charge on any atom is 0.123 e. The normalized spacial score (nSPS) is 11.1. The van der Waals surface area contributed by atoms with Gasteiger partial charge < -0.3 is 0 Å². The van der Waals surface area contributed by atoms with Crippen LogP contribution in [-0.4, -0.2) is 16.1 Å². The van der Waals surface area contributed by atoms with Gasteiger partial charge in [-0.2, -0.15) is 5.10 Å². The second kappa shape index (κ2) is 4.94. The lowest BCUT2D eigenvalue weighted by Gasteiger charge is -1.99. The smallest absolute Gasteiger partial charge is 0.123 e. The molecule has 0 amide bonds. The Kier molecular flexibility index (Phi) is 3.37. The molecule has 2 rings (SSSR count). The minimum atomic E-state index is -0.264. The number of allylic oxidation sites excluding steroid dienone is 1. The summed E-state index contributed by atoms with van der Waals surface area (Å²) in [5, 5.41) is 6.79. The Morgan fingerprint density at radius 1 is 1.44 bits per heavy atom. The number of nitrogens with zero attached hydrogens (tertiary/aromatic N) is 1. The number of benzene rings is 1. The first kappa shape index (κ1) is 10.9. The lowest BCUT2D eigenvalue weighted by Crippen LogP contribution is -1.82. The molecule has 16 heavy (non-hydrogen) atoms. The zero-order valence-electron chi connectivity index (χ0n) is 8.45. The zero-order chi connectivity index (χ0) is 11.4. The van der Waals surface area contributed by atoms with Gasteiger partial charge in [0.15, 0.2) is 0 Å². The van der Waals surface area contributed by atoms with Gasteiger partial charge in [0.05, 0.1) is 11.9 Å². The minimum Gasteiger partial charge on any atom is -0.277 e. The predicted octanol–water partition coefficient (Wildman–Crippen LogP) is 3.47. The number of alkyl halides is 1. The fraction of sp³-hybridized carbons (Fsp3) is 0.0833. The molecule has 0 spiro atoms. The van der Waals surface area contributed by atoms with Gasteiger partial charge in [0.2, 0.25) is 0 Å². The second-order valence-electron chi connectivity index (χ2n) is 3.27. The highest BCUT2D eigenvalue weighted by molar-refractivity contribution is 6.19. The molecule has 1 heterocycles. The molecule has 0 aliphatic heterocycles. The number of aromatic nitrogens is 2. The van der Waals surface area contributed by atoms with E-state index in [9.17, 15) is 4.39 Å². The highest BCUT2D eigenvalue weighted by Crippen LogP contribution is 2.22. The third-order valence-corrected chi connectivity index (χ3v) is 2.35. The predicted molar refractivity (Wildman–Crippen MR) is 63.7 cm³/mol. The Labute approximate surface area is 97.8 Å². The molecule has 0 aliphatic rings. The van der Waals surface area contributed by atoms with Crippen LogP contribution in [0.3, 0.4) is 0 Å². The molecule has 0 saturated carbocycles. The second-order valence-corrected chi connectivity index (χ2v) is 3.58. The Morgan fingerprint density at radius 2 is 2.31 bits per heavy atom. The van der Waals surface area contributed by atoms with Gasteiger partial charge >= 0.3 is 0 Å². The van der Waals surface area contributed by atoms with Crippen LogP contribution >= 0.6 is 11.6 Å². The van der Waals surface area contributed by atoms with E-state index in [-0.39, 0.29) is 5.82 Å². The van der Waals surface area contributed by atoms with Gasteiger partial charge in [0.25, 0.3) is 0 Å². The molecule has 0 radical (unpaired) electrons. The molecule has 1 N–H and O–H groups in total. The highest BCUT2D eigenvalue weighted by Gasteiger charge is 2.05. The van der Waals surface area contributed by atoms with Crippen molar-refractivity contribution < 1.29 is 4.39 Å². The average Bonchev–Trinajstić information content (AvgIpc) is 2.74. The quantitative estimate of drug-likeness (QED) is 0.813. The van der Waals surface area contributed by atoms with Crippen molar-refractivity contribution in [3.63, 3.8) is 0 Å². The number of nitrogens with one attached hydrogen (secondary N) is 1. The van der Waals surface area contributed by atoms with Crippen LogP contribution in [0.5, 0.6) is 0 Å². The number of hydrogen-bond donors (Lipinski definition) is 1. The van der Waals surface area contributed by atoms with E-state index in [2.05, 4.69) is 10.2 Å². The molecule has 4 heteroatoms. The molecule has 0 aliphatic carbocycles. The molecule has 0 bridgehead atoms. The van der Waals surface area contributed by atoms with Crippen LogP contribution in [0.15, 0.2) is 36.5 Å². The van der Waals surface area contributed by atoms with Gasteiger partial charge in [-0.25, -0.2) is 4.39 Å². The average molecular weight is 237 g/mol. The van der Waals surface area contributed by atoms with Crippen LogP contribution in [0.4, 0.5) is 4.39 Å². The third kappa shape index (κ3) is 2.31. The van der Waals surface area contributed by atoms with Crippen LogP contribution in [0.2, 0.25) is 0 Å². The maximum absolute atomic E-state index is 13.1. The Bertz CT molecular complexity index is 505. The molecule has 1 aromatic carbocycles. The van der Waals surface area contributed by atoms with Gasteiger partial charge in [-0.15, -0.1) is 11.6 Å². The standard InChI is InChI=1S/C12H10ClFN2/c13-6-2-4-10-8-15-16-12(10)9-3-1-5-11(14)7-9/h1-5,7-8H,6H2,(H,15,16). The molecule has 0 saturated heterocycles. The summed E-state index contributed by atoms with van der Waals surface area (Å²) in [6.07, 6.45) is 5.36. The van der Waals surface area contributed by atoms with Crippen molar-refractivity contribution in [2.45, 2.75) is 0 Å². The topological polar surface area (TPSA) is 28.7 Å².